The standard InChI is InChI=1S/C22H40O2/c1-2-3-4-5-6-7-8-9-10-11-12-13-14-15-16-17-18-19-20-21-22(23)24/h9-10,18-19H,2-8,11-17,20-21H2,1H3,(H,23,24)/b10-9+,19-18+. The highest BCUT2D eigenvalue weighted by Gasteiger charge is 1.92. The average molecular weight is 337 g/mol. The van der Waals surface area contributed by atoms with Crippen LogP contribution >= 0.6 is 0 Å². The number of unbranched alkanes of at least 4 members (excludes halogenated alkanes) is 12. The molecule has 0 spiro atoms. The van der Waals surface area contributed by atoms with Gasteiger partial charge >= 0.3 is 5.97 Å². The minimum atomic E-state index is -0.708. The summed E-state index contributed by atoms with van der Waals surface area (Å²) in [6.45, 7) is 2.27. The van der Waals surface area contributed by atoms with Gasteiger partial charge < -0.3 is 5.11 Å². The molecule has 0 bridgehead atoms. The summed E-state index contributed by atoms with van der Waals surface area (Å²) >= 11 is 0. The number of carbonyl (C=O) groups is 1. The van der Waals surface area contributed by atoms with Crippen LogP contribution in [0.1, 0.15) is 110 Å². The van der Waals surface area contributed by atoms with Crippen LogP contribution in [0.4, 0.5) is 0 Å². The molecule has 0 aromatic heterocycles. The Morgan fingerprint density at radius 3 is 1.42 bits per heavy atom. The van der Waals surface area contributed by atoms with Crippen LogP contribution in [-0.2, 0) is 4.79 Å². The van der Waals surface area contributed by atoms with Gasteiger partial charge in [-0.2, -0.15) is 0 Å². The quantitative estimate of drug-likeness (QED) is 0.208. The predicted octanol–water partition coefficient (Wildman–Crippen LogP) is 7.44. The molecule has 24 heavy (non-hydrogen) atoms. The average Bonchev–Trinajstić information content (AvgIpc) is 2.56. The van der Waals surface area contributed by atoms with Gasteiger partial charge in [0.25, 0.3) is 0 Å². The smallest absolute Gasteiger partial charge is 0.303 e. The number of hydrogen-bond donors (Lipinski definition) is 1. The number of carboxylic acid groups (broad SMARTS) is 1. The van der Waals surface area contributed by atoms with Crippen LogP contribution in [0.3, 0.4) is 0 Å². The second-order valence-electron chi connectivity index (χ2n) is 6.78. The van der Waals surface area contributed by atoms with E-state index >= 15 is 0 Å². The van der Waals surface area contributed by atoms with Crippen molar-refractivity contribution in [3.63, 3.8) is 0 Å². The second kappa shape index (κ2) is 20.0. The molecule has 2 heteroatoms. The Morgan fingerprint density at radius 1 is 0.625 bits per heavy atom. The van der Waals surface area contributed by atoms with E-state index in [9.17, 15) is 4.79 Å². The lowest BCUT2D eigenvalue weighted by Crippen LogP contribution is -1.91. The van der Waals surface area contributed by atoms with Crippen LogP contribution in [-0.4, -0.2) is 11.1 Å². The first-order chi connectivity index (χ1) is 11.8. The normalized spacial score (nSPS) is 11.7. The van der Waals surface area contributed by atoms with Crippen LogP contribution < -0.4 is 0 Å². The van der Waals surface area contributed by atoms with Gasteiger partial charge in [0.2, 0.25) is 0 Å². The van der Waals surface area contributed by atoms with E-state index in [0.29, 0.717) is 6.42 Å². The third kappa shape index (κ3) is 20.9. The molecule has 0 aromatic carbocycles. The molecule has 0 saturated carbocycles. The molecule has 0 radical (unpaired) electrons. The van der Waals surface area contributed by atoms with Crippen LogP contribution in [0.15, 0.2) is 24.3 Å². The highest BCUT2D eigenvalue weighted by Crippen LogP contribution is 2.10. The molecule has 0 fully saturated rings. The van der Waals surface area contributed by atoms with Gasteiger partial charge in [-0.05, 0) is 44.9 Å². The molecule has 1 N–H and O–H groups in total. The molecule has 0 unspecified atom stereocenters. The van der Waals surface area contributed by atoms with Gasteiger partial charge in [0.15, 0.2) is 0 Å². The van der Waals surface area contributed by atoms with Gasteiger partial charge in [-0.25, -0.2) is 0 Å². The molecule has 2 nitrogen and oxygen atoms in total. The Hall–Kier alpha value is -1.05. The minimum Gasteiger partial charge on any atom is -0.481 e. The first-order valence-electron chi connectivity index (χ1n) is 10.3. The summed E-state index contributed by atoms with van der Waals surface area (Å²) in [5, 5.41) is 8.52. The summed E-state index contributed by atoms with van der Waals surface area (Å²) in [6.07, 6.45) is 28.2. The Bertz CT molecular complexity index is 318. The lowest BCUT2D eigenvalue weighted by molar-refractivity contribution is -0.136. The van der Waals surface area contributed by atoms with Gasteiger partial charge in [-0.15, -0.1) is 0 Å². The van der Waals surface area contributed by atoms with Crippen molar-refractivity contribution in [2.75, 3.05) is 0 Å². The summed E-state index contributed by atoms with van der Waals surface area (Å²) in [5.41, 5.74) is 0. The van der Waals surface area contributed by atoms with Gasteiger partial charge in [0, 0.05) is 6.42 Å². The van der Waals surface area contributed by atoms with Crippen LogP contribution in [0.25, 0.3) is 0 Å². The predicted molar refractivity (Wildman–Crippen MR) is 105 cm³/mol. The van der Waals surface area contributed by atoms with Crippen LogP contribution in [0.5, 0.6) is 0 Å². The zero-order chi connectivity index (χ0) is 17.7. The fourth-order valence-electron chi connectivity index (χ4n) is 2.78. The van der Waals surface area contributed by atoms with Gasteiger partial charge in [0.05, 0.1) is 0 Å². The maximum absolute atomic E-state index is 10.3. The van der Waals surface area contributed by atoms with Crippen molar-refractivity contribution in [3.05, 3.63) is 24.3 Å². The molecular formula is C22H40O2. The first-order valence-corrected chi connectivity index (χ1v) is 10.3. The van der Waals surface area contributed by atoms with E-state index in [2.05, 4.69) is 25.2 Å². The van der Waals surface area contributed by atoms with Crippen LogP contribution in [0.2, 0.25) is 0 Å². The fraction of sp³-hybridized carbons (Fsp3) is 0.773. The Kier molecular flexibility index (Phi) is 19.1. The van der Waals surface area contributed by atoms with E-state index in [-0.39, 0.29) is 6.42 Å². The zero-order valence-corrected chi connectivity index (χ0v) is 16.0. The van der Waals surface area contributed by atoms with Gasteiger partial charge in [0.1, 0.15) is 0 Å². The van der Waals surface area contributed by atoms with E-state index in [0.717, 1.165) is 6.42 Å². The SMILES string of the molecule is CCCCCCCC/C=C/CCCCCCC/C=C/CCC(=O)O. The van der Waals surface area contributed by atoms with E-state index in [1.54, 1.807) is 0 Å². The van der Waals surface area contributed by atoms with Gasteiger partial charge in [-0.1, -0.05) is 82.6 Å². The van der Waals surface area contributed by atoms with E-state index in [1.165, 1.54) is 83.5 Å². The highest BCUT2D eigenvalue weighted by atomic mass is 16.4. The van der Waals surface area contributed by atoms with E-state index < -0.39 is 5.97 Å². The molecule has 0 aliphatic rings. The monoisotopic (exact) mass is 336 g/mol. The summed E-state index contributed by atoms with van der Waals surface area (Å²) < 4.78 is 0. The van der Waals surface area contributed by atoms with Crippen LogP contribution in [0, 0.1) is 0 Å². The van der Waals surface area contributed by atoms with Crippen molar-refractivity contribution in [1.29, 1.82) is 0 Å². The van der Waals surface area contributed by atoms with Crippen molar-refractivity contribution >= 4 is 5.97 Å². The van der Waals surface area contributed by atoms with Crippen molar-refractivity contribution in [2.45, 2.75) is 110 Å². The second-order valence-corrected chi connectivity index (χ2v) is 6.78. The minimum absolute atomic E-state index is 0.253. The van der Waals surface area contributed by atoms with Crippen molar-refractivity contribution < 1.29 is 9.90 Å². The zero-order valence-electron chi connectivity index (χ0n) is 16.0. The maximum atomic E-state index is 10.3. The van der Waals surface area contributed by atoms with Crippen molar-refractivity contribution in [3.8, 4) is 0 Å². The topological polar surface area (TPSA) is 37.3 Å². The summed E-state index contributed by atoms with van der Waals surface area (Å²) in [7, 11) is 0. The molecule has 0 aromatic rings. The third-order valence-electron chi connectivity index (χ3n) is 4.32. The third-order valence-corrected chi connectivity index (χ3v) is 4.32. The van der Waals surface area contributed by atoms with Gasteiger partial charge in [-0.3, -0.25) is 4.79 Å². The number of carboxylic acids is 1. The van der Waals surface area contributed by atoms with Crippen molar-refractivity contribution in [1.82, 2.24) is 0 Å². The molecule has 0 aliphatic carbocycles. The number of rotatable bonds is 18. The molecule has 0 atom stereocenters. The molecule has 0 saturated heterocycles. The largest absolute Gasteiger partial charge is 0.481 e. The molecule has 0 rings (SSSR count). The van der Waals surface area contributed by atoms with Crippen molar-refractivity contribution in [2.24, 2.45) is 0 Å². The number of aliphatic carboxylic acids is 1. The molecule has 0 aliphatic heterocycles. The fourth-order valence-corrected chi connectivity index (χ4v) is 2.78. The van der Waals surface area contributed by atoms with E-state index in [1.807, 2.05) is 6.08 Å². The number of allylic oxidation sites excluding steroid dienone is 4. The summed E-state index contributed by atoms with van der Waals surface area (Å²) in [4.78, 5) is 10.3. The summed E-state index contributed by atoms with van der Waals surface area (Å²) in [5.74, 6) is -0.708. The molecule has 0 amide bonds. The maximum Gasteiger partial charge on any atom is 0.303 e. The van der Waals surface area contributed by atoms with E-state index in [4.69, 9.17) is 5.11 Å². The Morgan fingerprint density at radius 2 is 1.00 bits per heavy atom. The molecular weight excluding hydrogens is 296 g/mol. The summed E-state index contributed by atoms with van der Waals surface area (Å²) in [6, 6.07) is 0. The Balaban J connectivity index is 3.14. The molecule has 0 heterocycles. The lowest BCUT2D eigenvalue weighted by atomic mass is 10.1. The lowest BCUT2D eigenvalue weighted by Gasteiger charge is -1.99. The first kappa shape index (κ1) is 22.9. The molecule has 140 valence electrons. The highest BCUT2D eigenvalue weighted by molar-refractivity contribution is 5.66. The Labute approximate surface area is 150 Å². The number of hydrogen-bond acceptors (Lipinski definition) is 1.